The van der Waals surface area contributed by atoms with Crippen LogP contribution in [0.2, 0.25) is 0 Å². The Morgan fingerprint density at radius 3 is 2.33 bits per heavy atom. The van der Waals surface area contributed by atoms with Gasteiger partial charge in [-0.15, -0.1) is 0 Å². The van der Waals surface area contributed by atoms with Crippen molar-refractivity contribution >= 4 is 56.0 Å². The van der Waals surface area contributed by atoms with Crippen molar-refractivity contribution in [1.29, 1.82) is 0 Å². The average Bonchev–Trinajstić information content (AvgIpc) is 3.22. The number of fused-ring (bicyclic) bond motifs is 1. The van der Waals surface area contributed by atoms with Crippen LogP contribution < -0.4 is 16.0 Å². The monoisotopic (exact) mass is 460 g/mol. The zero-order valence-electron chi connectivity index (χ0n) is 17.8. The van der Waals surface area contributed by atoms with E-state index in [2.05, 4.69) is 20.9 Å². The summed E-state index contributed by atoms with van der Waals surface area (Å²) in [6.45, 7) is 1.88. The van der Waals surface area contributed by atoms with Gasteiger partial charge in [0.2, 0.25) is 0 Å². The number of benzene rings is 3. The molecule has 3 aromatic carbocycles. The van der Waals surface area contributed by atoms with Gasteiger partial charge in [0.1, 0.15) is 0 Å². The topological polar surface area (TPSA) is 109 Å². The van der Waals surface area contributed by atoms with Crippen LogP contribution in [0.15, 0.2) is 66.7 Å². The van der Waals surface area contributed by atoms with Gasteiger partial charge in [0.15, 0.2) is 5.13 Å². The summed E-state index contributed by atoms with van der Waals surface area (Å²) in [6, 6.07) is 18.5. The fourth-order valence-corrected chi connectivity index (χ4v) is 4.19. The minimum Gasteiger partial charge on any atom is -0.465 e. The molecule has 3 amide bonds. The molecule has 0 saturated heterocycles. The highest BCUT2D eigenvalue weighted by Gasteiger charge is 2.13. The summed E-state index contributed by atoms with van der Waals surface area (Å²) in [4.78, 5) is 41.1. The third-order valence-electron chi connectivity index (χ3n) is 4.74. The highest BCUT2D eigenvalue weighted by molar-refractivity contribution is 7.22. The lowest BCUT2D eigenvalue weighted by Gasteiger charge is -2.09. The average molecular weight is 461 g/mol. The number of aromatic nitrogens is 1. The van der Waals surface area contributed by atoms with Crippen molar-refractivity contribution in [3.63, 3.8) is 0 Å². The predicted molar refractivity (Wildman–Crippen MR) is 129 cm³/mol. The minimum absolute atomic E-state index is 0.237. The Bertz CT molecular complexity index is 1350. The van der Waals surface area contributed by atoms with Crippen molar-refractivity contribution in [2.75, 3.05) is 23.1 Å². The number of urea groups is 1. The Morgan fingerprint density at radius 1 is 0.848 bits per heavy atom. The molecule has 0 atom stereocenters. The van der Waals surface area contributed by atoms with E-state index in [4.69, 9.17) is 4.74 Å². The first-order valence-corrected chi connectivity index (χ1v) is 10.8. The van der Waals surface area contributed by atoms with E-state index in [0.29, 0.717) is 27.6 Å². The van der Waals surface area contributed by atoms with Crippen LogP contribution in [0.1, 0.15) is 26.3 Å². The smallest absolute Gasteiger partial charge is 0.337 e. The van der Waals surface area contributed by atoms with Crippen LogP contribution in [0.25, 0.3) is 10.2 Å². The number of carbonyl (C=O) groups is 3. The van der Waals surface area contributed by atoms with Crippen LogP contribution in [-0.4, -0.2) is 30.0 Å². The highest BCUT2D eigenvalue weighted by atomic mass is 32.1. The maximum absolute atomic E-state index is 12.5. The number of nitrogens with zero attached hydrogens (tertiary/aromatic N) is 1. The van der Waals surface area contributed by atoms with Gasteiger partial charge in [-0.3, -0.25) is 10.1 Å². The molecular weight excluding hydrogens is 440 g/mol. The third kappa shape index (κ3) is 5.16. The van der Waals surface area contributed by atoms with Gasteiger partial charge in [0.05, 0.1) is 22.9 Å². The Kier molecular flexibility index (Phi) is 6.32. The van der Waals surface area contributed by atoms with Crippen molar-refractivity contribution < 1.29 is 19.1 Å². The van der Waals surface area contributed by atoms with E-state index >= 15 is 0 Å². The summed E-state index contributed by atoms with van der Waals surface area (Å²) in [5.41, 5.74) is 3.52. The molecule has 0 unspecified atom stereocenters. The van der Waals surface area contributed by atoms with Gasteiger partial charge in [0, 0.05) is 16.9 Å². The molecule has 33 heavy (non-hydrogen) atoms. The molecule has 0 aliphatic rings. The first-order chi connectivity index (χ1) is 15.9. The molecule has 0 spiro atoms. The lowest BCUT2D eigenvalue weighted by Crippen LogP contribution is -2.19. The van der Waals surface area contributed by atoms with Gasteiger partial charge >= 0.3 is 12.0 Å². The van der Waals surface area contributed by atoms with Crippen LogP contribution >= 0.6 is 11.3 Å². The lowest BCUT2D eigenvalue weighted by atomic mass is 10.2. The molecule has 0 saturated carbocycles. The SMILES string of the molecule is COC(=O)c1cccc(NC(=O)Nc2cc(C)c3nc(NC(=O)c4ccccc4)sc3c2)c1. The molecule has 4 rings (SSSR count). The number of anilines is 3. The molecular formula is C24H20N4O4S. The Balaban J connectivity index is 1.48. The summed E-state index contributed by atoms with van der Waals surface area (Å²) in [6.07, 6.45) is 0. The maximum Gasteiger partial charge on any atom is 0.337 e. The lowest BCUT2D eigenvalue weighted by molar-refractivity contribution is 0.0600. The Morgan fingerprint density at radius 2 is 1.58 bits per heavy atom. The van der Waals surface area contributed by atoms with Gasteiger partial charge in [0.25, 0.3) is 5.91 Å². The summed E-state index contributed by atoms with van der Waals surface area (Å²) in [5.74, 6) is -0.722. The largest absolute Gasteiger partial charge is 0.465 e. The van der Waals surface area contributed by atoms with Crippen molar-refractivity contribution in [2.24, 2.45) is 0 Å². The third-order valence-corrected chi connectivity index (χ3v) is 5.66. The fourth-order valence-electron chi connectivity index (χ4n) is 3.22. The van der Waals surface area contributed by atoms with E-state index in [1.807, 2.05) is 13.0 Å². The van der Waals surface area contributed by atoms with Crippen LogP contribution in [0.5, 0.6) is 0 Å². The molecule has 4 aromatic rings. The van der Waals surface area contributed by atoms with E-state index < -0.39 is 12.0 Å². The van der Waals surface area contributed by atoms with E-state index in [0.717, 1.165) is 15.8 Å². The number of esters is 1. The number of carbonyl (C=O) groups excluding carboxylic acids is 3. The van der Waals surface area contributed by atoms with Crippen LogP contribution in [0, 0.1) is 6.92 Å². The molecule has 166 valence electrons. The van der Waals surface area contributed by atoms with Crippen molar-refractivity contribution in [1.82, 2.24) is 4.98 Å². The summed E-state index contributed by atoms with van der Waals surface area (Å²) < 4.78 is 5.52. The predicted octanol–water partition coefficient (Wildman–Crippen LogP) is 5.29. The summed E-state index contributed by atoms with van der Waals surface area (Å²) in [7, 11) is 1.30. The number of methoxy groups -OCH3 is 1. The molecule has 1 heterocycles. The summed E-state index contributed by atoms with van der Waals surface area (Å²) >= 11 is 1.32. The van der Waals surface area contributed by atoms with E-state index in [9.17, 15) is 14.4 Å². The zero-order chi connectivity index (χ0) is 23.4. The highest BCUT2D eigenvalue weighted by Crippen LogP contribution is 2.31. The molecule has 0 radical (unpaired) electrons. The van der Waals surface area contributed by atoms with Crippen molar-refractivity contribution in [2.45, 2.75) is 6.92 Å². The number of nitrogens with one attached hydrogen (secondary N) is 3. The van der Waals surface area contributed by atoms with Gasteiger partial charge in [-0.2, -0.15) is 0 Å². The van der Waals surface area contributed by atoms with Gasteiger partial charge in [-0.1, -0.05) is 35.6 Å². The Labute approximate surface area is 193 Å². The number of hydrogen-bond donors (Lipinski definition) is 3. The number of ether oxygens (including phenoxy) is 1. The molecule has 0 bridgehead atoms. The van der Waals surface area contributed by atoms with Crippen LogP contribution in [0.3, 0.4) is 0 Å². The molecule has 3 N–H and O–H groups in total. The van der Waals surface area contributed by atoms with Crippen LogP contribution in [-0.2, 0) is 4.74 Å². The standard InChI is InChI=1S/C24H20N4O4S/c1-14-11-18(26-23(31)25-17-10-6-9-16(12-17)22(30)32-2)13-19-20(14)27-24(33-19)28-21(29)15-7-4-3-5-8-15/h3-13H,1-2H3,(H2,25,26,31)(H,27,28,29). The van der Waals surface area contributed by atoms with E-state index in [-0.39, 0.29) is 5.91 Å². The minimum atomic E-state index is -0.486. The van der Waals surface area contributed by atoms with Crippen LogP contribution in [0.4, 0.5) is 21.3 Å². The molecule has 0 aliphatic carbocycles. The number of hydrogen-bond acceptors (Lipinski definition) is 6. The number of rotatable bonds is 5. The van der Waals surface area contributed by atoms with Gasteiger partial charge < -0.3 is 15.4 Å². The fraction of sp³-hybridized carbons (Fsp3) is 0.0833. The number of aryl methyl sites for hydroxylation is 1. The molecule has 1 aromatic heterocycles. The van der Waals surface area contributed by atoms with Crippen molar-refractivity contribution in [3.8, 4) is 0 Å². The van der Waals surface area contributed by atoms with Gasteiger partial charge in [-0.25, -0.2) is 14.6 Å². The second kappa shape index (κ2) is 9.49. The second-order valence-electron chi connectivity index (χ2n) is 7.13. The zero-order valence-corrected chi connectivity index (χ0v) is 18.7. The molecule has 0 aliphatic heterocycles. The number of amides is 3. The Hall–Kier alpha value is -4.24. The quantitative estimate of drug-likeness (QED) is 0.351. The normalized spacial score (nSPS) is 10.5. The first kappa shape index (κ1) is 22.0. The second-order valence-corrected chi connectivity index (χ2v) is 8.16. The first-order valence-electron chi connectivity index (χ1n) is 9.97. The van der Waals surface area contributed by atoms with E-state index in [1.54, 1.807) is 54.6 Å². The molecule has 8 nitrogen and oxygen atoms in total. The molecule has 0 fully saturated rings. The number of thiazole rings is 1. The molecule has 9 heteroatoms. The van der Waals surface area contributed by atoms with E-state index in [1.165, 1.54) is 24.5 Å². The van der Waals surface area contributed by atoms with Gasteiger partial charge in [-0.05, 0) is 55.0 Å². The van der Waals surface area contributed by atoms with Crippen molar-refractivity contribution in [3.05, 3.63) is 83.4 Å². The maximum atomic E-state index is 12.5. The summed E-state index contributed by atoms with van der Waals surface area (Å²) in [5, 5.41) is 8.78.